The van der Waals surface area contributed by atoms with Gasteiger partial charge in [0, 0.05) is 10.9 Å². The summed E-state index contributed by atoms with van der Waals surface area (Å²) in [5.74, 6) is -0.00657. The molecule has 22 heavy (non-hydrogen) atoms. The number of carbonyl (C=O) groups is 1. The topological polar surface area (TPSA) is 30.0 Å². The summed E-state index contributed by atoms with van der Waals surface area (Å²) in [6.45, 7) is 3.94. The maximum absolute atomic E-state index is 12.2. The van der Waals surface area contributed by atoms with Crippen molar-refractivity contribution in [1.29, 1.82) is 0 Å². The summed E-state index contributed by atoms with van der Waals surface area (Å²) in [5, 5.41) is 3.35. The first-order valence-corrected chi connectivity index (χ1v) is 8.14. The molecule has 0 radical (unpaired) electrons. The van der Waals surface area contributed by atoms with Crippen LogP contribution in [0.4, 0.5) is 0 Å². The number of hydrogen-bond acceptors (Lipinski definition) is 3. The lowest BCUT2D eigenvalue weighted by atomic mass is 10.1. The summed E-state index contributed by atoms with van der Waals surface area (Å²) < 4.78 is 0. The fraction of sp³-hybridized carbons (Fsp3) is 0.111. The first-order chi connectivity index (χ1) is 10.6. The zero-order chi connectivity index (χ0) is 15.7. The highest BCUT2D eigenvalue weighted by molar-refractivity contribution is 7.12. The van der Waals surface area contributed by atoms with Crippen molar-refractivity contribution in [3.05, 3.63) is 68.5 Å². The Morgan fingerprint density at radius 3 is 2.77 bits per heavy atom. The Labute approximate surface area is 138 Å². The van der Waals surface area contributed by atoms with Crippen LogP contribution in [-0.4, -0.2) is 10.8 Å². The largest absolute Gasteiger partial charge is 0.288 e. The standard InChI is InChI=1S/C18H14ClNOS/c1-11-4-3-5-13-10-14(18(19)20-16(11)13)6-7-15(21)17-12(2)8-9-22-17/h3-10H,1-2H3/b7-6+. The third kappa shape index (κ3) is 2.82. The van der Waals surface area contributed by atoms with Crippen LogP contribution in [0.15, 0.2) is 41.8 Å². The second-order valence-corrected chi connectivity index (χ2v) is 6.42. The Morgan fingerprint density at radius 1 is 1.23 bits per heavy atom. The number of pyridine rings is 1. The fourth-order valence-electron chi connectivity index (χ4n) is 2.32. The molecule has 0 aliphatic carbocycles. The van der Waals surface area contributed by atoms with Crippen molar-refractivity contribution in [1.82, 2.24) is 4.98 Å². The third-order valence-electron chi connectivity index (χ3n) is 3.53. The molecule has 3 rings (SSSR count). The lowest BCUT2D eigenvalue weighted by molar-refractivity contribution is 0.105. The van der Waals surface area contributed by atoms with Gasteiger partial charge in [-0.3, -0.25) is 4.79 Å². The van der Waals surface area contributed by atoms with E-state index in [2.05, 4.69) is 4.98 Å². The molecule has 0 aliphatic rings. The van der Waals surface area contributed by atoms with Gasteiger partial charge in [0.25, 0.3) is 0 Å². The molecule has 110 valence electrons. The zero-order valence-corrected chi connectivity index (χ0v) is 13.8. The number of hydrogen-bond donors (Lipinski definition) is 0. The summed E-state index contributed by atoms with van der Waals surface area (Å²) in [6, 6.07) is 9.89. The van der Waals surface area contributed by atoms with Crippen molar-refractivity contribution in [2.45, 2.75) is 13.8 Å². The number of fused-ring (bicyclic) bond motifs is 1. The number of rotatable bonds is 3. The van der Waals surface area contributed by atoms with Crippen LogP contribution in [0.25, 0.3) is 17.0 Å². The van der Waals surface area contributed by atoms with E-state index in [0.29, 0.717) is 5.15 Å². The molecule has 2 nitrogen and oxygen atoms in total. The second kappa shape index (κ2) is 6.03. The van der Waals surface area contributed by atoms with Crippen LogP contribution in [0.2, 0.25) is 5.15 Å². The van der Waals surface area contributed by atoms with Crippen molar-refractivity contribution < 1.29 is 4.79 Å². The quantitative estimate of drug-likeness (QED) is 0.363. The van der Waals surface area contributed by atoms with Gasteiger partial charge in [-0.25, -0.2) is 4.98 Å². The van der Waals surface area contributed by atoms with Crippen LogP contribution in [0.5, 0.6) is 0 Å². The van der Waals surface area contributed by atoms with Gasteiger partial charge in [-0.05, 0) is 54.6 Å². The molecule has 0 amide bonds. The molecule has 2 aromatic heterocycles. The van der Waals surface area contributed by atoms with Crippen molar-refractivity contribution >= 4 is 45.7 Å². The van der Waals surface area contributed by atoms with Gasteiger partial charge in [-0.15, -0.1) is 11.3 Å². The van der Waals surface area contributed by atoms with E-state index in [0.717, 1.165) is 32.5 Å². The SMILES string of the molecule is Cc1ccsc1C(=O)/C=C/c1cc2cccc(C)c2nc1Cl. The molecule has 0 fully saturated rings. The van der Waals surface area contributed by atoms with Gasteiger partial charge in [0.05, 0.1) is 10.4 Å². The van der Waals surface area contributed by atoms with Gasteiger partial charge in [0.15, 0.2) is 5.78 Å². The monoisotopic (exact) mass is 327 g/mol. The van der Waals surface area contributed by atoms with E-state index < -0.39 is 0 Å². The molecule has 0 bridgehead atoms. The average Bonchev–Trinajstić information content (AvgIpc) is 2.92. The number of allylic oxidation sites excluding steroid dienone is 1. The first kappa shape index (κ1) is 14.9. The third-order valence-corrected chi connectivity index (χ3v) is 4.86. The molecule has 0 aliphatic heterocycles. The highest BCUT2D eigenvalue weighted by Gasteiger charge is 2.08. The predicted octanol–water partition coefficient (Wildman–Crippen LogP) is 5.46. The summed E-state index contributed by atoms with van der Waals surface area (Å²) in [5.41, 5.74) is 3.73. The molecular formula is C18H14ClNOS. The van der Waals surface area contributed by atoms with Crippen LogP contribution < -0.4 is 0 Å². The van der Waals surface area contributed by atoms with E-state index in [1.807, 2.05) is 49.6 Å². The van der Waals surface area contributed by atoms with Crippen LogP contribution in [0.1, 0.15) is 26.4 Å². The molecule has 0 unspecified atom stereocenters. The lowest BCUT2D eigenvalue weighted by Crippen LogP contribution is -1.93. The molecule has 3 aromatic rings. The molecule has 4 heteroatoms. The minimum absolute atomic E-state index is 0.00657. The predicted molar refractivity (Wildman–Crippen MR) is 93.9 cm³/mol. The van der Waals surface area contributed by atoms with Crippen molar-refractivity contribution in [3.8, 4) is 0 Å². The summed E-state index contributed by atoms with van der Waals surface area (Å²) in [6.07, 6.45) is 3.29. The molecule has 0 spiro atoms. The van der Waals surface area contributed by atoms with E-state index >= 15 is 0 Å². The van der Waals surface area contributed by atoms with E-state index in [-0.39, 0.29) is 5.78 Å². The highest BCUT2D eigenvalue weighted by atomic mass is 35.5. The van der Waals surface area contributed by atoms with E-state index in [9.17, 15) is 4.79 Å². The van der Waals surface area contributed by atoms with Gasteiger partial charge in [-0.1, -0.05) is 29.8 Å². The van der Waals surface area contributed by atoms with Gasteiger partial charge in [0.1, 0.15) is 5.15 Å². The maximum Gasteiger partial charge on any atom is 0.196 e. The normalized spacial score (nSPS) is 11.4. The number of nitrogens with zero attached hydrogens (tertiary/aromatic N) is 1. The Balaban J connectivity index is 1.97. The molecule has 1 aromatic carbocycles. The summed E-state index contributed by atoms with van der Waals surface area (Å²) in [7, 11) is 0. The molecular weight excluding hydrogens is 314 g/mol. The van der Waals surface area contributed by atoms with Gasteiger partial charge in [0.2, 0.25) is 0 Å². The number of para-hydroxylation sites is 1. The van der Waals surface area contributed by atoms with Crippen molar-refractivity contribution in [2.24, 2.45) is 0 Å². The van der Waals surface area contributed by atoms with Gasteiger partial charge < -0.3 is 0 Å². The molecule has 0 saturated carbocycles. The van der Waals surface area contributed by atoms with Crippen LogP contribution in [-0.2, 0) is 0 Å². The molecule has 0 saturated heterocycles. The zero-order valence-electron chi connectivity index (χ0n) is 12.3. The smallest absolute Gasteiger partial charge is 0.196 e. The van der Waals surface area contributed by atoms with Crippen LogP contribution in [0.3, 0.4) is 0 Å². The van der Waals surface area contributed by atoms with Crippen molar-refractivity contribution in [3.63, 3.8) is 0 Å². The number of halogens is 1. The number of ketones is 1. The Hall–Kier alpha value is -1.97. The molecule has 0 N–H and O–H groups in total. The minimum atomic E-state index is -0.00657. The Kier molecular flexibility index (Phi) is 4.10. The van der Waals surface area contributed by atoms with Gasteiger partial charge in [-0.2, -0.15) is 0 Å². The Morgan fingerprint density at radius 2 is 2.05 bits per heavy atom. The average molecular weight is 328 g/mol. The summed E-state index contributed by atoms with van der Waals surface area (Å²) >= 11 is 7.70. The van der Waals surface area contributed by atoms with E-state index in [1.54, 1.807) is 12.2 Å². The van der Waals surface area contributed by atoms with Crippen LogP contribution >= 0.6 is 22.9 Å². The van der Waals surface area contributed by atoms with Crippen LogP contribution in [0, 0.1) is 13.8 Å². The number of carbonyl (C=O) groups excluding carboxylic acids is 1. The highest BCUT2D eigenvalue weighted by Crippen LogP contribution is 2.24. The molecule has 0 atom stereocenters. The molecule has 2 heterocycles. The first-order valence-electron chi connectivity index (χ1n) is 6.88. The maximum atomic E-state index is 12.2. The number of aryl methyl sites for hydroxylation is 2. The van der Waals surface area contributed by atoms with E-state index in [4.69, 9.17) is 11.6 Å². The number of aromatic nitrogens is 1. The fourth-order valence-corrected chi connectivity index (χ4v) is 3.37. The number of thiophene rings is 1. The lowest BCUT2D eigenvalue weighted by Gasteiger charge is -2.04. The van der Waals surface area contributed by atoms with Gasteiger partial charge >= 0.3 is 0 Å². The Bertz CT molecular complexity index is 895. The van der Waals surface area contributed by atoms with Crippen molar-refractivity contribution in [2.75, 3.05) is 0 Å². The minimum Gasteiger partial charge on any atom is -0.288 e. The summed E-state index contributed by atoms with van der Waals surface area (Å²) in [4.78, 5) is 17.4. The van der Waals surface area contributed by atoms with E-state index in [1.165, 1.54) is 11.3 Å². The second-order valence-electron chi connectivity index (χ2n) is 5.15. The number of benzene rings is 1.